The lowest BCUT2D eigenvalue weighted by molar-refractivity contribution is -0.123. The summed E-state index contributed by atoms with van der Waals surface area (Å²) in [7, 11) is 0. The quantitative estimate of drug-likeness (QED) is 0.658. The smallest absolute Gasteiger partial charge is 0.280 e. The standard InChI is InChI=1S/C20H17FN2O3S/c21-15-7-4-8-16-17(15)14(11-26-13-5-2-1-3-6-13)18(27-16)20(25)23-22-19(24)12-9-10-12/h1-8,12H,9-11H2,(H,22,24)(H,23,25). The summed E-state index contributed by atoms with van der Waals surface area (Å²) in [6.45, 7) is 0.0459. The van der Waals surface area contributed by atoms with Gasteiger partial charge < -0.3 is 4.74 Å². The first kappa shape index (κ1) is 17.5. The maximum Gasteiger partial charge on any atom is 0.280 e. The topological polar surface area (TPSA) is 67.4 Å². The van der Waals surface area contributed by atoms with E-state index in [4.69, 9.17) is 4.74 Å². The predicted molar refractivity (Wildman–Crippen MR) is 101 cm³/mol. The molecule has 5 nitrogen and oxygen atoms in total. The highest BCUT2D eigenvalue weighted by atomic mass is 32.1. The van der Waals surface area contributed by atoms with Crippen LogP contribution < -0.4 is 15.6 Å². The molecule has 3 aromatic rings. The van der Waals surface area contributed by atoms with E-state index in [9.17, 15) is 14.0 Å². The van der Waals surface area contributed by atoms with Gasteiger partial charge in [0.05, 0.1) is 0 Å². The van der Waals surface area contributed by atoms with E-state index in [1.807, 2.05) is 18.2 Å². The van der Waals surface area contributed by atoms with Gasteiger partial charge in [-0.3, -0.25) is 20.4 Å². The minimum atomic E-state index is -0.476. The number of ether oxygens (including phenoxy) is 1. The van der Waals surface area contributed by atoms with Crippen LogP contribution in [0.1, 0.15) is 28.1 Å². The van der Waals surface area contributed by atoms with Gasteiger partial charge in [0, 0.05) is 21.6 Å². The van der Waals surface area contributed by atoms with Crippen molar-refractivity contribution in [1.29, 1.82) is 0 Å². The van der Waals surface area contributed by atoms with Crippen LogP contribution >= 0.6 is 11.3 Å². The number of hydrogen-bond acceptors (Lipinski definition) is 4. The van der Waals surface area contributed by atoms with E-state index in [0.717, 1.165) is 12.8 Å². The van der Waals surface area contributed by atoms with Crippen LogP contribution in [0.15, 0.2) is 48.5 Å². The van der Waals surface area contributed by atoms with Crippen LogP contribution in [-0.2, 0) is 11.4 Å². The van der Waals surface area contributed by atoms with Crippen molar-refractivity contribution in [3.8, 4) is 5.75 Å². The highest BCUT2D eigenvalue weighted by Crippen LogP contribution is 2.34. The SMILES string of the molecule is O=C(NNC(=O)C1CC1)c1sc2cccc(F)c2c1COc1ccccc1. The Labute approximate surface area is 159 Å². The number of hydrazine groups is 1. The molecule has 138 valence electrons. The minimum Gasteiger partial charge on any atom is -0.489 e. The molecule has 1 fully saturated rings. The van der Waals surface area contributed by atoms with Crippen molar-refractivity contribution in [3.05, 3.63) is 64.8 Å². The second-order valence-electron chi connectivity index (χ2n) is 6.34. The van der Waals surface area contributed by atoms with E-state index in [2.05, 4.69) is 10.9 Å². The lowest BCUT2D eigenvalue weighted by atomic mass is 10.1. The maximum absolute atomic E-state index is 14.4. The van der Waals surface area contributed by atoms with Crippen LogP contribution in [0.25, 0.3) is 10.1 Å². The molecule has 0 unspecified atom stereocenters. The van der Waals surface area contributed by atoms with Crippen LogP contribution in [0, 0.1) is 11.7 Å². The van der Waals surface area contributed by atoms with Crippen molar-refractivity contribution in [1.82, 2.24) is 10.9 Å². The molecule has 1 aliphatic rings. The Kier molecular flexibility index (Phi) is 4.77. The van der Waals surface area contributed by atoms with Gasteiger partial charge in [-0.1, -0.05) is 24.3 Å². The van der Waals surface area contributed by atoms with Crippen molar-refractivity contribution in [2.75, 3.05) is 0 Å². The molecule has 2 amide bonds. The number of rotatable bonds is 5. The van der Waals surface area contributed by atoms with E-state index in [0.29, 0.717) is 26.3 Å². The Morgan fingerprint density at radius 1 is 1.07 bits per heavy atom. The summed E-state index contributed by atoms with van der Waals surface area (Å²) < 4.78 is 20.8. The Morgan fingerprint density at radius 3 is 2.59 bits per heavy atom. The van der Waals surface area contributed by atoms with E-state index >= 15 is 0 Å². The zero-order chi connectivity index (χ0) is 18.8. The maximum atomic E-state index is 14.4. The second kappa shape index (κ2) is 7.36. The molecule has 0 bridgehead atoms. The molecule has 0 atom stereocenters. The molecule has 1 saturated carbocycles. The Balaban J connectivity index is 1.61. The third-order valence-corrected chi connectivity index (χ3v) is 5.54. The van der Waals surface area contributed by atoms with Crippen molar-refractivity contribution in [2.45, 2.75) is 19.4 Å². The van der Waals surface area contributed by atoms with E-state index in [-0.39, 0.29) is 18.4 Å². The summed E-state index contributed by atoms with van der Waals surface area (Å²) >= 11 is 1.17. The molecule has 1 aliphatic carbocycles. The van der Waals surface area contributed by atoms with Gasteiger partial charge in [-0.05, 0) is 37.1 Å². The number of amides is 2. The Morgan fingerprint density at radius 2 is 1.85 bits per heavy atom. The molecule has 4 rings (SSSR count). The van der Waals surface area contributed by atoms with Gasteiger partial charge in [-0.15, -0.1) is 11.3 Å². The van der Waals surface area contributed by atoms with Crippen molar-refractivity contribution in [2.24, 2.45) is 5.92 Å². The lowest BCUT2D eigenvalue weighted by Gasteiger charge is -2.09. The summed E-state index contributed by atoms with van der Waals surface area (Å²) in [5.74, 6) is -0.474. The molecule has 0 saturated heterocycles. The largest absolute Gasteiger partial charge is 0.489 e. The molecule has 27 heavy (non-hydrogen) atoms. The summed E-state index contributed by atoms with van der Waals surface area (Å²) in [6, 6.07) is 13.8. The monoisotopic (exact) mass is 384 g/mol. The summed E-state index contributed by atoms with van der Waals surface area (Å²) in [4.78, 5) is 24.7. The van der Waals surface area contributed by atoms with Gasteiger partial charge in [-0.25, -0.2) is 4.39 Å². The number of nitrogens with one attached hydrogen (secondary N) is 2. The number of fused-ring (bicyclic) bond motifs is 1. The number of benzene rings is 2. The fourth-order valence-electron chi connectivity index (χ4n) is 2.78. The summed E-state index contributed by atoms with van der Waals surface area (Å²) in [5.41, 5.74) is 5.34. The number of thiophene rings is 1. The van der Waals surface area contributed by atoms with Crippen LogP contribution in [0.5, 0.6) is 5.75 Å². The van der Waals surface area contributed by atoms with Gasteiger partial charge in [0.25, 0.3) is 5.91 Å². The average molecular weight is 384 g/mol. The van der Waals surface area contributed by atoms with Crippen LogP contribution in [0.2, 0.25) is 0 Å². The molecule has 7 heteroatoms. The molecule has 0 spiro atoms. The van der Waals surface area contributed by atoms with E-state index < -0.39 is 11.7 Å². The van der Waals surface area contributed by atoms with Crippen LogP contribution in [-0.4, -0.2) is 11.8 Å². The highest BCUT2D eigenvalue weighted by molar-refractivity contribution is 7.21. The molecule has 0 radical (unpaired) electrons. The second-order valence-corrected chi connectivity index (χ2v) is 7.39. The lowest BCUT2D eigenvalue weighted by Crippen LogP contribution is -2.42. The van der Waals surface area contributed by atoms with E-state index in [1.54, 1.807) is 24.3 Å². The van der Waals surface area contributed by atoms with Gasteiger partial charge in [-0.2, -0.15) is 0 Å². The molecular weight excluding hydrogens is 367 g/mol. The first-order valence-electron chi connectivity index (χ1n) is 8.61. The molecular formula is C20H17FN2O3S. The Bertz CT molecular complexity index is 999. The number of carbonyl (C=O) groups is 2. The van der Waals surface area contributed by atoms with E-state index in [1.165, 1.54) is 17.4 Å². The normalized spacial score (nSPS) is 13.4. The number of hydrogen-bond donors (Lipinski definition) is 2. The van der Waals surface area contributed by atoms with Gasteiger partial charge >= 0.3 is 0 Å². The fourth-order valence-corrected chi connectivity index (χ4v) is 3.90. The zero-order valence-corrected chi connectivity index (χ0v) is 15.1. The molecule has 0 aliphatic heterocycles. The highest BCUT2D eigenvalue weighted by Gasteiger charge is 2.30. The van der Waals surface area contributed by atoms with Crippen molar-refractivity contribution >= 4 is 33.2 Å². The molecule has 2 N–H and O–H groups in total. The van der Waals surface area contributed by atoms with Gasteiger partial charge in [0.15, 0.2) is 0 Å². The number of para-hydroxylation sites is 1. The zero-order valence-electron chi connectivity index (χ0n) is 14.3. The van der Waals surface area contributed by atoms with Crippen LogP contribution in [0.3, 0.4) is 0 Å². The first-order valence-corrected chi connectivity index (χ1v) is 9.43. The third kappa shape index (κ3) is 3.78. The van der Waals surface area contributed by atoms with Gasteiger partial charge in [0.2, 0.25) is 5.91 Å². The Hall–Kier alpha value is -2.93. The van der Waals surface area contributed by atoms with Gasteiger partial charge in [0.1, 0.15) is 23.1 Å². The van der Waals surface area contributed by atoms with Crippen LogP contribution in [0.4, 0.5) is 4.39 Å². The third-order valence-electron chi connectivity index (χ3n) is 4.34. The minimum absolute atomic E-state index is 0.0222. The molecule has 2 aromatic carbocycles. The van der Waals surface area contributed by atoms with Crippen molar-refractivity contribution < 1.29 is 18.7 Å². The summed E-state index contributed by atoms with van der Waals surface area (Å²) in [6.07, 6.45) is 1.68. The fraction of sp³-hybridized carbons (Fsp3) is 0.200. The van der Waals surface area contributed by atoms with Crippen molar-refractivity contribution in [3.63, 3.8) is 0 Å². The average Bonchev–Trinajstić information content (AvgIpc) is 3.46. The molecule has 1 aromatic heterocycles. The number of halogens is 1. The first-order chi connectivity index (χ1) is 13.1. The predicted octanol–water partition coefficient (Wildman–Crippen LogP) is 3.79. The summed E-state index contributed by atoms with van der Waals surface area (Å²) in [5, 5.41) is 0.372. The number of carbonyl (C=O) groups excluding carboxylic acids is 2. The molecule has 1 heterocycles.